The van der Waals surface area contributed by atoms with Crippen LogP contribution in [0.4, 0.5) is 18.9 Å². The van der Waals surface area contributed by atoms with E-state index in [2.05, 4.69) is 39.0 Å². The second-order valence-electron chi connectivity index (χ2n) is 10.0. The highest BCUT2D eigenvalue weighted by atomic mass is 32.2. The van der Waals surface area contributed by atoms with Gasteiger partial charge in [-0.2, -0.15) is 0 Å². The first-order chi connectivity index (χ1) is 20.6. The number of nitrogens with one attached hydrogen (secondary N) is 1. The molecule has 1 saturated heterocycles. The molecule has 0 radical (unpaired) electrons. The van der Waals surface area contributed by atoms with Crippen molar-refractivity contribution in [3.05, 3.63) is 90.3 Å². The Bertz CT molecular complexity index is 1590. The molecule has 1 fully saturated rings. The Morgan fingerprint density at radius 3 is 2.51 bits per heavy atom. The van der Waals surface area contributed by atoms with E-state index in [1.54, 1.807) is 4.90 Å². The molecule has 0 bridgehead atoms. The molecule has 4 aromatic rings. The second-order valence-corrected chi connectivity index (χ2v) is 11.0. The molecular formula is C30H29F3N6O3S. The quantitative estimate of drug-likeness (QED) is 0.229. The molecule has 0 spiro atoms. The lowest BCUT2D eigenvalue weighted by atomic mass is 10.0. The van der Waals surface area contributed by atoms with Gasteiger partial charge in [-0.25, -0.2) is 14.7 Å². The molecule has 3 aromatic carbocycles. The van der Waals surface area contributed by atoms with Crippen LogP contribution < -0.4 is 15.0 Å². The van der Waals surface area contributed by atoms with Crippen molar-refractivity contribution >= 4 is 28.5 Å². The fraction of sp³-hybridized carbons (Fsp3) is 0.267. The van der Waals surface area contributed by atoms with Gasteiger partial charge in [-0.05, 0) is 59.9 Å². The maximum atomic E-state index is 12.6. The van der Waals surface area contributed by atoms with Crippen LogP contribution >= 0.6 is 11.8 Å². The normalized spacial score (nSPS) is 15.5. The minimum atomic E-state index is -4.75. The molecule has 1 aliphatic rings. The summed E-state index contributed by atoms with van der Waals surface area (Å²) in [5.41, 5.74) is 4.16. The number of thioether (sulfide) groups is 1. The number of aliphatic hydroxyl groups is 1. The maximum absolute atomic E-state index is 12.6. The first-order valence-electron chi connectivity index (χ1n) is 13.5. The number of amides is 1. The van der Waals surface area contributed by atoms with Crippen LogP contribution in [0.1, 0.15) is 30.9 Å². The van der Waals surface area contributed by atoms with E-state index < -0.39 is 12.7 Å². The van der Waals surface area contributed by atoms with Crippen LogP contribution in [0, 0.1) is 0 Å². The fourth-order valence-corrected chi connectivity index (χ4v) is 5.26. The third kappa shape index (κ3) is 7.80. The van der Waals surface area contributed by atoms with Crippen LogP contribution in [0.5, 0.6) is 5.75 Å². The standard InChI is InChI=1S/C30H29F3N6O3S/c1-19(2)22-4-3-5-24(16-22)39-26(40)17-43-29(39)36-28(41)34-15-14-20-6-8-21(9-7-20)27-35-18-38(37-27)23-10-12-25(13-11-23)42-30(31,32)33/h3-13,16,18-19,28,34,41H,14-15,17H2,1-2H3. The molecule has 0 saturated carbocycles. The zero-order chi connectivity index (χ0) is 30.6. The molecule has 0 aliphatic carbocycles. The monoisotopic (exact) mass is 610 g/mol. The predicted molar refractivity (Wildman–Crippen MR) is 159 cm³/mol. The zero-order valence-corrected chi connectivity index (χ0v) is 24.1. The van der Waals surface area contributed by atoms with Crippen LogP contribution in [0.3, 0.4) is 0 Å². The van der Waals surface area contributed by atoms with Crippen molar-refractivity contribution in [1.29, 1.82) is 0 Å². The van der Waals surface area contributed by atoms with E-state index in [0.29, 0.717) is 35.6 Å². The van der Waals surface area contributed by atoms with Crippen LogP contribution in [-0.4, -0.2) is 56.0 Å². The molecule has 1 atom stereocenters. The number of nitrogens with zero attached hydrogens (tertiary/aromatic N) is 5. The van der Waals surface area contributed by atoms with Gasteiger partial charge in [0.2, 0.25) is 12.3 Å². The number of amidine groups is 1. The minimum Gasteiger partial charge on any atom is -0.406 e. The van der Waals surface area contributed by atoms with Crippen molar-refractivity contribution in [2.24, 2.45) is 4.99 Å². The summed E-state index contributed by atoms with van der Waals surface area (Å²) in [4.78, 5) is 22.8. The topological polar surface area (TPSA) is 105 Å². The molecule has 2 N–H and O–H groups in total. The van der Waals surface area contributed by atoms with Crippen LogP contribution in [0.2, 0.25) is 0 Å². The van der Waals surface area contributed by atoms with Crippen LogP contribution in [0.15, 0.2) is 84.1 Å². The van der Waals surface area contributed by atoms with Gasteiger partial charge in [0.1, 0.15) is 12.1 Å². The Hall–Kier alpha value is -4.20. The van der Waals surface area contributed by atoms with Crippen LogP contribution in [0.25, 0.3) is 17.1 Å². The summed E-state index contributed by atoms with van der Waals surface area (Å²) >= 11 is 1.29. The van der Waals surface area contributed by atoms with E-state index in [1.807, 2.05) is 48.5 Å². The SMILES string of the molecule is CC(C)c1cccc(N2C(=O)CSC2=NC(O)NCCc2ccc(-c3ncn(-c4ccc(OC(F)(F)F)cc4)n3)cc2)c1. The van der Waals surface area contributed by atoms with Gasteiger partial charge in [0.15, 0.2) is 11.0 Å². The lowest BCUT2D eigenvalue weighted by Crippen LogP contribution is -2.34. The number of aliphatic hydroxyl groups excluding tert-OH is 1. The molecule has 9 nitrogen and oxygen atoms in total. The average Bonchev–Trinajstić information content (AvgIpc) is 3.60. The lowest BCUT2D eigenvalue weighted by molar-refractivity contribution is -0.274. The third-order valence-electron chi connectivity index (χ3n) is 6.57. The van der Waals surface area contributed by atoms with E-state index in [1.165, 1.54) is 47.0 Å². The summed E-state index contributed by atoms with van der Waals surface area (Å²) in [7, 11) is 0. The number of halogens is 3. The van der Waals surface area contributed by atoms with Gasteiger partial charge in [-0.15, -0.1) is 18.3 Å². The maximum Gasteiger partial charge on any atom is 0.573 e. The number of benzene rings is 3. The number of aromatic nitrogens is 3. The molecule has 13 heteroatoms. The lowest BCUT2D eigenvalue weighted by Gasteiger charge is -2.19. The van der Waals surface area contributed by atoms with Crippen molar-refractivity contribution < 1.29 is 27.8 Å². The third-order valence-corrected chi connectivity index (χ3v) is 7.51. The Kier molecular flexibility index (Phi) is 9.14. The van der Waals surface area contributed by atoms with Crippen LogP contribution in [-0.2, 0) is 11.2 Å². The van der Waals surface area contributed by atoms with Gasteiger partial charge in [0.05, 0.1) is 17.1 Å². The Labute approximate surface area is 250 Å². The number of aliphatic imine (C=N–C) groups is 1. The van der Waals surface area contributed by atoms with Gasteiger partial charge < -0.3 is 9.84 Å². The number of carbonyl (C=O) groups is 1. The summed E-state index contributed by atoms with van der Waals surface area (Å²) in [5, 5.41) is 18.4. The van der Waals surface area contributed by atoms with Gasteiger partial charge in [0.25, 0.3) is 0 Å². The minimum absolute atomic E-state index is 0.0790. The predicted octanol–water partition coefficient (Wildman–Crippen LogP) is 5.50. The Balaban J connectivity index is 1.15. The zero-order valence-electron chi connectivity index (χ0n) is 23.3. The number of ether oxygens (including phenoxy) is 1. The molecule has 43 heavy (non-hydrogen) atoms. The van der Waals surface area contributed by atoms with Gasteiger partial charge in [-0.1, -0.05) is 62.0 Å². The summed E-state index contributed by atoms with van der Waals surface area (Å²) in [6.45, 7) is 4.62. The molecule has 1 unspecified atom stereocenters. The van der Waals surface area contributed by atoms with Crippen molar-refractivity contribution in [3.63, 3.8) is 0 Å². The average molecular weight is 611 g/mol. The van der Waals surface area contributed by atoms with Gasteiger partial charge >= 0.3 is 6.36 Å². The summed E-state index contributed by atoms with van der Waals surface area (Å²) < 4.78 is 42.5. The molecular weight excluding hydrogens is 581 g/mol. The van der Waals surface area contributed by atoms with Gasteiger partial charge in [-0.3, -0.25) is 15.0 Å². The van der Waals surface area contributed by atoms with E-state index in [0.717, 1.165) is 22.4 Å². The number of hydrogen-bond acceptors (Lipinski definition) is 8. The number of alkyl halides is 3. The van der Waals surface area contributed by atoms with E-state index >= 15 is 0 Å². The highest BCUT2D eigenvalue weighted by Gasteiger charge is 2.31. The highest BCUT2D eigenvalue weighted by molar-refractivity contribution is 8.15. The summed E-state index contributed by atoms with van der Waals surface area (Å²) in [5.74, 6) is 0.642. The number of rotatable bonds is 10. The fourth-order valence-electron chi connectivity index (χ4n) is 4.37. The molecule has 1 amide bonds. The highest BCUT2D eigenvalue weighted by Crippen LogP contribution is 2.29. The molecule has 1 aliphatic heterocycles. The number of hydrogen-bond donors (Lipinski definition) is 2. The number of anilines is 1. The van der Waals surface area contributed by atoms with Crippen molar-refractivity contribution in [2.45, 2.75) is 38.9 Å². The van der Waals surface area contributed by atoms with Gasteiger partial charge in [0, 0.05) is 12.1 Å². The van der Waals surface area contributed by atoms with E-state index in [4.69, 9.17) is 0 Å². The smallest absolute Gasteiger partial charge is 0.406 e. The summed E-state index contributed by atoms with van der Waals surface area (Å²) in [6, 6.07) is 20.7. The molecule has 224 valence electrons. The molecule has 2 heterocycles. The number of carbonyl (C=O) groups excluding carboxylic acids is 1. The van der Waals surface area contributed by atoms with E-state index in [9.17, 15) is 23.1 Å². The van der Waals surface area contributed by atoms with Crippen molar-refractivity contribution in [1.82, 2.24) is 20.1 Å². The largest absolute Gasteiger partial charge is 0.573 e. The molecule has 5 rings (SSSR count). The Morgan fingerprint density at radius 2 is 1.81 bits per heavy atom. The summed E-state index contributed by atoms with van der Waals surface area (Å²) in [6.07, 6.45) is -3.83. The van der Waals surface area contributed by atoms with Crippen molar-refractivity contribution in [2.75, 3.05) is 17.2 Å². The first kappa shape index (κ1) is 30.3. The van der Waals surface area contributed by atoms with E-state index in [-0.39, 0.29) is 17.4 Å². The second kappa shape index (κ2) is 13.0. The van der Waals surface area contributed by atoms with Crippen molar-refractivity contribution in [3.8, 4) is 22.8 Å². The Morgan fingerprint density at radius 1 is 1.07 bits per heavy atom. The molecule has 1 aromatic heterocycles. The first-order valence-corrected chi connectivity index (χ1v) is 14.5.